The van der Waals surface area contributed by atoms with Crippen molar-refractivity contribution in [3.05, 3.63) is 71.1 Å². The number of hydrogen-bond acceptors (Lipinski definition) is 3. The first-order valence-electron chi connectivity index (χ1n) is 7.60. The molecule has 0 aliphatic heterocycles. The summed E-state index contributed by atoms with van der Waals surface area (Å²) in [5.74, 6) is -0.0985. The summed E-state index contributed by atoms with van der Waals surface area (Å²) < 4.78 is 0. The van der Waals surface area contributed by atoms with Gasteiger partial charge in [-0.3, -0.25) is 14.9 Å². The van der Waals surface area contributed by atoms with E-state index in [1.54, 1.807) is 36.3 Å². The van der Waals surface area contributed by atoms with Crippen LogP contribution in [0.2, 0.25) is 5.02 Å². The Morgan fingerprint density at radius 3 is 2.71 bits per heavy atom. The van der Waals surface area contributed by atoms with Crippen LogP contribution >= 0.6 is 11.6 Å². The Hall–Kier alpha value is -2.66. The summed E-state index contributed by atoms with van der Waals surface area (Å²) in [6.07, 6.45) is 2.46. The van der Waals surface area contributed by atoms with Gasteiger partial charge in [0.2, 0.25) is 0 Å². The van der Waals surface area contributed by atoms with E-state index in [0.717, 1.165) is 11.3 Å². The molecule has 5 nitrogen and oxygen atoms in total. The fourth-order valence-electron chi connectivity index (χ4n) is 2.34. The number of pyridine rings is 1. The normalized spacial score (nSPS) is 10.6. The number of likely N-dealkylation sites (N-methyl/N-ethyl adjacent to an activating group) is 1. The maximum atomic E-state index is 12.5. The predicted octanol–water partition coefficient (Wildman–Crippen LogP) is 3.44. The molecule has 1 aromatic carbocycles. The highest BCUT2D eigenvalue weighted by Crippen LogP contribution is 2.20. The van der Waals surface area contributed by atoms with Gasteiger partial charge in [-0.05, 0) is 30.3 Å². The van der Waals surface area contributed by atoms with Crippen LogP contribution in [0.25, 0.3) is 11.3 Å². The molecule has 0 radical (unpaired) electrons. The number of benzene rings is 1. The number of aromatic nitrogens is 3. The molecule has 24 heavy (non-hydrogen) atoms. The van der Waals surface area contributed by atoms with Crippen molar-refractivity contribution >= 4 is 17.5 Å². The molecule has 0 atom stereocenters. The molecule has 122 valence electrons. The van der Waals surface area contributed by atoms with Crippen LogP contribution in [0.15, 0.2) is 54.7 Å². The maximum Gasteiger partial charge on any atom is 0.271 e. The van der Waals surface area contributed by atoms with Crippen LogP contribution in [-0.2, 0) is 6.42 Å². The van der Waals surface area contributed by atoms with Crippen molar-refractivity contribution in [2.75, 3.05) is 13.6 Å². The Morgan fingerprint density at radius 1 is 1.21 bits per heavy atom. The standard InChI is InChI=1S/C18H17ClN4O/c1-23(11-9-15-4-2-3-10-20-15)18(24)17-12-16(21-22-17)13-5-7-14(19)8-6-13/h2-8,10,12H,9,11H2,1H3,(H,21,22). The number of H-pyrrole nitrogens is 1. The molecule has 6 heteroatoms. The first kappa shape index (κ1) is 16.2. The first-order valence-corrected chi connectivity index (χ1v) is 7.98. The second-order valence-electron chi connectivity index (χ2n) is 5.47. The van der Waals surface area contributed by atoms with Gasteiger partial charge in [-0.1, -0.05) is 29.8 Å². The Morgan fingerprint density at radius 2 is 2.00 bits per heavy atom. The minimum Gasteiger partial charge on any atom is -0.340 e. The minimum atomic E-state index is -0.0985. The van der Waals surface area contributed by atoms with Gasteiger partial charge < -0.3 is 4.90 Å². The number of nitrogens with one attached hydrogen (secondary N) is 1. The van der Waals surface area contributed by atoms with Gasteiger partial charge in [-0.25, -0.2) is 0 Å². The lowest BCUT2D eigenvalue weighted by molar-refractivity contribution is 0.0790. The van der Waals surface area contributed by atoms with E-state index in [1.807, 2.05) is 30.3 Å². The van der Waals surface area contributed by atoms with E-state index < -0.39 is 0 Å². The molecule has 1 amide bonds. The van der Waals surface area contributed by atoms with Crippen molar-refractivity contribution in [3.8, 4) is 11.3 Å². The summed E-state index contributed by atoms with van der Waals surface area (Å²) >= 11 is 5.89. The van der Waals surface area contributed by atoms with Crippen molar-refractivity contribution in [1.82, 2.24) is 20.1 Å². The molecule has 0 aliphatic rings. The van der Waals surface area contributed by atoms with Crippen LogP contribution in [0.1, 0.15) is 16.2 Å². The lowest BCUT2D eigenvalue weighted by Crippen LogP contribution is -2.29. The number of aromatic amines is 1. The molecule has 0 aliphatic carbocycles. The second kappa shape index (κ2) is 7.27. The second-order valence-corrected chi connectivity index (χ2v) is 5.91. The zero-order chi connectivity index (χ0) is 16.9. The van der Waals surface area contributed by atoms with Gasteiger partial charge in [0.15, 0.2) is 0 Å². The molecule has 0 saturated carbocycles. The fourth-order valence-corrected chi connectivity index (χ4v) is 2.46. The Labute approximate surface area is 145 Å². The first-order chi connectivity index (χ1) is 11.6. The van der Waals surface area contributed by atoms with Crippen LogP contribution in [0, 0.1) is 0 Å². The molecule has 2 heterocycles. The number of halogens is 1. The molecular formula is C18H17ClN4O. The third-order valence-corrected chi connectivity index (χ3v) is 3.98. The van der Waals surface area contributed by atoms with Gasteiger partial charge in [0.25, 0.3) is 5.91 Å². The number of amides is 1. The van der Waals surface area contributed by atoms with Gasteiger partial charge in [0, 0.05) is 42.5 Å². The van der Waals surface area contributed by atoms with Crippen molar-refractivity contribution in [3.63, 3.8) is 0 Å². The van der Waals surface area contributed by atoms with E-state index in [0.29, 0.717) is 29.4 Å². The van der Waals surface area contributed by atoms with Crippen LogP contribution in [0.3, 0.4) is 0 Å². The predicted molar refractivity (Wildman–Crippen MR) is 93.9 cm³/mol. The lowest BCUT2D eigenvalue weighted by Gasteiger charge is -2.15. The summed E-state index contributed by atoms with van der Waals surface area (Å²) in [7, 11) is 1.77. The fraction of sp³-hybridized carbons (Fsp3) is 0.167. The Balaban J connectivity index is 1.65. The van der Waals surface area contributed by atoms with E-state index in [2.05, 4.69) is 15.2 Å². The quantitative estimate of drug-likeness (QED) is 0.774. The topological polar surface area (TPSA) is 61.9 Å². The largest absolute Gasteiger partial charge is 0.340 e. The lowest BCUT2D eigenvalue weighted by atomic mass is 10.1. The highest BCUT2D eigenvalue weighted by Gasteiger charge is 2.15. The summed E-state index contributed by atoms with van der Waals surface area (Å²) in [5.41, 5.74) is 3.05. The smallest absolute Gasteiger partial charge is 0.271 e. The van der Waals surface area contributed by atoms with Crippen LogP contribution in [0.5, 0.6) is 0 Å². The van der Waals surface area contributed by atoms with Crippen LogP contribution in [-0.4, -0.2) is 39.6 Å². The summed E-state index contributed by atoms with van der Waals surface area (Å²) in [6.45, 7) is 0.588. The maximum absolute atomic E-state index is 12.5. The Bertz CT molecular complexity index is 815. The molecular weight excluding hydrogens is 324 g/mol. The zero-order valence-electron chi connectivity index (χ0n) is 13.2. The van der Waals surface area contributed by atoms with E-state index in [4.69, 9.17) is 11.6 Å². The average molecular weight is 341 g/mol. The molecule has 3 aromatic rings. The van der Waals surface area contributed by atoms with Gasteiger partial charge in [0.1, 0.15) is 5.69 Å². The number of rotatable bonds is 5. The van der Waals surface area contributed by atoms with Gasteiger partial charge in [-0.2, -0.15) is 5.10 Å². The number of carbonyl (C=O) groups is 1. The zero-order valence-corrected chi connectivity index (χ0v) is 14.0. The van der Waals surface area contributed by atoms with Crippen molar-refractivity contribution in [1.29, 1.82) is 0 Å². The van der Waals surface area contributed by atoms with E-state index in [-0.39, 0.29) is 5.91 Å². The SMILES string of the molecule is CN(CCc1ccccn1)C(=O)c1cc(-c2ccc(Cl)cc2)n[nH]1. The summed E-state index contributed by atoms with van der Waals surface area (Å²) in [5, 5.41) is 7.68. The Kier molecular flexibility index (Phi) is 4.91. The van der Waals surface area contributed by atoms with Crippen LogP contribution < -0.4 is 0 Å². The molecule has 0 fully saturated rings. The third kappa shape index (κ3) is 3.81. The van der Waals surface area contributed by atoms with Crippen molar-refractivity contribution in [2.45, 2.75) is 6.42 Å². The molecule has 0 unspecified atom stereocenters. The van der Waals surface area contributed by atoms with Gasteiger partial charge in [0.05, 0.1) is 5.69 Å². The highest BCUT2D eigenvalue weighted by molar-refractivity contribution is 6.30. The molecule has 0 bridgehead atoms. The summed E-state index contributed by atoms with van der Waals surface area (Å²) in [4.78, 5) is 18.4. The molecule has 3 rings (SSSR count). The molecule has 0 saturated heterocycles. The number of hydrogen-bond donors (Lipinski definition) is 1. The molecule has 2 aromatic heterocycles. The minimum absolute atomic E-state index is 0.0985. The van der Waals surface area contributed by atoms with Gasteiger partial charge in [-0.15, -0.1) is 0 Å². The van der Waals surface area contributed by atoms with E-state index >= 15 is 0 Å². The van der Waals surface area contributed by atoms with Crippen molar-refractivity contribution < 1.29 is 4.79 Å². The van der Waals surface area contributed by atoms with Gasteiger partial charge >= 0.3 is 0 Å². The average Bonchev–Trinajstić information content (AvgIpc) is 3.10. The highest BCUT2D eigenvalue weighted by atomic mass is 35.5. The van der Waals surface area contributed by atoms with E-state index in [9.17, 15) is 4.79 Å². The number of nitrogens with zero attached hydrogens (tertiary/aromatic N) is 3. The molecule has 0 spiro atoms. The summed E-state index contributed by atoms with van der Waals surface area (Å²) in [6, 6.07) is 14.9. The third-order valence-electron chi connectivity index (χ3n) is 3.72. The molecule has 1 N–H and O–H groups in total. The van der Waals surface area contributed by atoms with Crippen LogP contribution in [0.4, 0.5) is 0 Å². The monoisotopic (exact) mass is 340 g/mol. The van der Waals surface area contributed by atoms with E-state index in [1.165, 1.54) is 0 Å². The van der Waals surface area contributed by atoms with Crippen molar-refractivity contribution in [2.24, 2.45) is 0 Å². The number of carbonyl (C=O) groups excluding carboxylic acids is 1.